The SMILES string of the molecule is COc1ccc(Cl)cc1NC(=O)Cc1cc(O)cc2ccccc12. The molecule has 0 aliphatic heterocycles. The maximum atomic E-state index is 12.4. The van der Waals surface area contributed by atoms with Crippen LogP contribution in [0.5, 0.6) is 11.5 Å². The Morgan fingerprint density at radius 2 is 1.96 bits per heavy atom. The standard InChI is InChI=1S/C19H16ClNO3/c1-24-18-7-6-14(20)11-17(18)21-19(23)10-13-9-15(22)8-12-4-2-3-5-16(12)13/h2-9,11,22H,10H2,1H3,(H,21,23). The average molecular weight is 342 g/mol. The number of phenols is 1. The van der Waals surface area contributed by atoms with Gasteiger partial charge in [-0.1, -0.05) is 35.9 Å². The number of hydrogen-bond acceptors (Lipinski definition) is 3. The zero-order chi connectivity index (χ0) is 17.1. The lowest BCUT2D eigenvalue weighted by Gasteiger charge is -2.12. The highest BCUT2D eigenvalue weighted by Gasteiger charge is 2.12. The quantitative estimate of drug-likeness (QED) is 0.740. The molecule has 1 amide bonds. The van der Waals surface area contributed by atoms with Crippen molar-refractivity contribution in [2.75, 3.05) is 12.4 Å². The number of ether oxygens (including phenoxy) is 1. The van der Waals surface area contributed by atoms with E-state index in [4.69, 9.17) is 16.3 Å². The molecule has 24 heavy (non-hydrogen) atoms. The van der Waals surface area contributed by atoms with Crippen molar-refractivity contribution in [3.05, 3.63) is 65.2 Å². The number of methoxy groups -OCH3 is 1. The van der Waals surface area contributed by atoms with Gasteiger partial charge in [0.15, 0.2) is 0 Å². The molecule has 0 unspecified atom stereocenters. The minimum atomic E-state index is -0.216. The maximum absolute atomic E-state index is 12.4. The van der Waals surface area contributed by atoms with Crippen molar-refractivity contribution in [2.24, 2.45) is 0 Å². The molecule has 0 spiro atoms. The smallest absolute Gasteiger partial charge is 0.228 e. The van der Waals surface area contributed by atoms with E-state index in [9.17, 15) is 9.90 Å². The summed E-state index contributed by atoms with van der Waals surface area (Å²) in [6, 6.07) is 15.9. The van der Waals surface area contributed by atoms with Crippen LogP contribution in [0.4, 0.5) is 5.69 Å². The van der Waals surface area contributed by atoms with Gasteiger partial charge in [-0.3, -0.25) is 4.79 Å². The van der Waals surface area contributed by atoms with Gasteiger partial charge in [-0.05, 0) is 46.7 Å². The molecule has 4 nitrogen and oxygen atoms in total. The van der Waals surface area contributed by atoms with Gasteiger partial charge < -0.3 is 15.2 Å². The van der Waals surface area contributed by atoms with Gasteiger partial charge in [0, 0.05) is 5.02 Å². The summed E-state index contributed by atoms with van der Waals surface area (Å²) in [7, 11) is 1.53. The van der Waals surface area contributed by atoms with Crippen LogP contribution in [0.1, 0.15) is 5.56 Å². The summed E-state index contributed by atoms with van der Waals surface area (Å²) < 4.78 is 5.23. The van der Waals surface area contributed by atoms with Crippen LogP contribution in [0.2, 0.25) is 5.02 Å². The van der Waals surface area contributed by atoms with Crippen LogP contribution in [0.15, 0.2) is 54.6 Å². The number of phenolic OH excluding ortho intramolecular Hbond substituents is 1. The number of halogens is 1. The van der Waals surface area contributed by atoms with Crippen LogP contribution in [-0.4, -0.2) is 18.1 Å². The summed E-state index contributed by atoms with van der Waals surface area (Å²) in [5, 5.41) is 15.0. The molecule has 3 rings (SSSR count). The topological polar surface area (TPSA) is 58.6 Å². The summed E-state index contributed by atoms with van der Waals surface area (Å²) >= 11 is 5.98. The minimum absolute atomic E-state index is 0.130. The minimum Gasteiger partial charge on any atom is -0.508 e. The second-order valence-corrected chi connectivity index (χ2v) is 5.83. The monoisotopic (exact) mass is 341 g/mol. The normalized spacial score (nSPS) is 10.6. The third-order valence-electron chi connectivity index (χ3n) is 3.72. The second-order valence-electron chi connectivity index (χ2n) is 5.40. The highest BCUT2D eigenvalue weighted by molar-refractivity contribution is 6.31. The predicted octanol–water partition coefficient (Wildman–Crippen LogP) is 4.39. The van der Waals surface area contributed by atoms with Gasteiger partial charge >= 0.3 is 0 Å². The molecule has 0 aromatic heterocycles. The van der Waals surface area contributed by atoms with Crippen molar-refractivity contribution in [3.8, 4) is 11.5 Å². The van der Waals surface area contributed by atoms with Crippen LogP contribution < -0.4 is 10.1 Å². The van der Waals surface area contributed by atoms with Crippen molar-refractivity contribution in [1.29, 1.82) is 0 Å². The van der Waals surface area contributed by atoms with Crippen LogP contribution in [0.25, 0.3) is 10.8 Å². The van der Waals surface area contributed by atoms with E-state index >= 15 is 0 Å². The number of carbonyl (C=O) groups is 1. The third kappa shape index (κ3) is 3.44. The van der Waals surface area contributed by atoms with E-state index in [0.29, 0.717) is 16.5 Å². The van der Waals surface area contributed by atoms with E-state index < -0.39 is 0 Å². The summed E-state index contributed by atoms with van der Waals surface area (Å²) in [6.45, 7) is 0. The zero-order valence-corrected chi connectivity index (χ0v) is 13.8. The molecular weight excluding hydrogens is 326 g/mol. The van der Waals surface area contributed by atoms with Gasteiger partial charge in [-0.25, -0.2) is 0 Å². The highest BCUT2D eigenvalue weighted by Crippen LogP contribution is 2.29. The van der Waals surface area contributed by atoms with Crippen molar-refractivity contribution < 1.29 is 14.6 Å². The lowest BCUT2D eigenvalue weighted by molar-refractivity contribution is -0.115. The van der Waals surface area contributed by atoms with Crippen LogP contribution in [0, 0.1) is 0 Å². The summed E-state index contributed by atoms with van der Waals surface area (Å²) in [4.78, 5) is 12.4. The summed E-state index contributed by atoms with van der Waals surface area (Å²) in [5.41, 5.74) is 1.27. The Hall–Kier alpha value is -2.72. The molecule has 2 N–H and O–H groups in total. The van der Waals surface area contributed by atoms with Gasteiger partial charge in [0.05, 0.1) is 19.2 Å². The first-order valence-electron chi connectivity index (χ1n) is 7.41. The highest BCUT2D eigenvalue weighted by atomic mass is 35.5. The van der Waals surface area contributed by atoms with Crippen molar-refractivity contribution in [2.45, 2.75) is 6.42 Å². The number of nitrogens with one attached hydrogen (secondary N) is 1. The fourth-order valence-electron chi connectivity index (χ4n) is 2.66. The fraction of sp³-hybridized carbons (Fsp3) is 0.105. The van der Waals surface area contributed by atoms with Crippen molar-refractivity contribution in [3.63, 3.8) is 0 Å². The maximum Gasteiger partial charge on any atom is 0.228 e. The first-order chi connectivity index (χ1) is 11.6. The number of fused-ring (bicyclic) bond motifs is 1. The summed E-state index contributed by atoms with van der Waals surface area (Å²) in [6.07, 6.45) is 0.130. The van der Waals surface area contributed by atoms with Crippen molar-refractivity contribution >= 4 is 34.0 Å². The molecule has 0 fully saturated rings. The van der Waals surface area contributed by atoms with E-state index in [0.717, 1.165) is 16.3 Å². The Labute approximate surface area is 144 Å². The molecule has 0 aliphatic carbocycles. The Balaban J connectivity index is 1.87. The van der Waals surface area contributed by atoms with Crippen LogP contribution in [0.3, 0.4) is 0 Å². The fourth-order valence-corrected chi connectivity index (χ4v) is 2.84. The molecule has 3 aromatic rings. The zero-order valence-electron chi connectivity index (χ0n) is 13.0. The van der Waals surface area contributed by atoms with Gasteiger partial charge in [-0.2, -0.15) is 0 Å². The predicted molar refractivity (Wildman–Crippen MR) is 96.0 cm³/mol. The number of anilines is 1. The molecule has 0 saturated heterocycles. The molecule has 0 radical (unpaired) electrons. The Morgan fingerprint density at radius 1 is 1.17 bits per heavy atom. The molecule has 0 aliphatic rings. The number of rotatable bonds is 4. The first kappa shape index (κ1) is 16.1. The number of aromatic hydroxyl groups is 1. The number of hydrogen-bond donors (Lipinski definition) is 2. The number of benzene rings is 3. The van der Waals surface area contributed by atoms with E-state index in [-0.39, 0.29) is 18.1 Å². The van der Waals surface area contributed by atoms with Gasteiger partial charge in [0.2, 0.25) is 5.91 Å². The Morgan fingerprint density at radius 3 is 2.75 bits per heavy atom. The van der Waals surface area contributed by atoms with E-state index in [1.807, 2.05) is 24.3 Å². The Kier molecular flexibility index (Phi) is 4.58. The largest absolute Gasteiger partial charge is 0.508 e. The van der Waals surface area contributed by atoms with Gasteiger partial charge in [-0.15, -0.1) is 0 Å². The molecule has 5 heteroatoms. The number of amides is 1. The van der Waals surface area contributed by atoms with Crippen molar-refractivity contribution in [1.82, 2.24) is 0 Å². The Bertz CT molecular complexity index is 908. The average Bonchev–Trinajstić information content (AvgIpc) is 2.55. The molecular formula is C19H16ClNO3. The van der Waals surface area contributed by atoms with Gasteiger partial charge in [0.1, 0.15) is 11.5 Å². The number of carbonyl (C=O) groups excluding carboxylic acids is 1. The lowest BCUT2D eigenvalue weighted by Crippen LogP contribution is -2.15. The molecule has 3 aromatic carbocycles. The van der Waals surface area contributed by atoms with E-state index in [1.54, 1.807) is 30.3 Å². The van der Waals surface area contributed by atoms with E-state index in [1.165, 1.54) is 7.11 Å². The molecule has 0 saturated carbocycles. The van der Waals surface area contributed by atoms with E-state index in [2.05, 4.69) is 5.32 Å². The lowest BCUT2D eigenvalue weighted by atomic mass is 10.0. The molecule has 122 valence electrons. The molecule has 0 bridgehead atoms. The van der Waals surface area contributed by atoms with Crippen LogP contribution >= 0.6 is 11.6 Å². The summed E-state index contributed by atoms with van der Waals surface area (Å²) in [5.74, 6) is 0.455. The first-order valence-corrected chi connectivity index (χ1v) is 7.78. The second kappa shape index (κ2) is 6.81. The molecule has 0 heterocycles. The van der Waals surface area contributed by atoms with Crippen LogP contribution in [-0.2, 0) is 11.2 Å². The molecule has 0 atom stereocenters. The third-order valence-corrected chi connectivity index (χ3v) is 3.95. The van der Waals surface area contributed by atoms with Gasteiger partial charge in [0.25, 0.3) is 0 Å².